The number of carbonyl (C=O) groups is 1. The van der Waals surface area contributed by atoms with Crippen molar-refractivity contribution in [1.29, 1.82) is 0 Å². The van der Waals surface area contributed by atoms with E-state index in [9.17, 15) is 4.79 Å². The molecule has 1 amide bonds. The van der Waals surface area contributed by atoms with E-state index < -0.39 is 0 Å². The van der Waals surface area contributed by atoms with Gasteiger partial charge in [-0.25, -0.2) is 9.97 Å². The molecule has 0 spiro atoms. The fourth-order valence-corrected chi connectivity index (χ4v) is 2.80. The predicted molar refractivity (Wildman–Crippen MR) is 74.4 cm³/mol. The molecule has 18 heavy (non-hydrogen) atoms. The second kappa shape index (κ2) is 5.45. The van der Waals surface area contributed by atoms with Crippen molar-refractivity contribution in [2.24, 2.45) is 0 Å². The molecule has 3 N–H and O–H groups in total. The van der Waals surface area contributed by atoms with E-state index in [4.69, 9.17) is 5.73 Å². The van der Waals surface area contributed by atoms with Crippen molar-refractivity contribution in [2.45, 2.75) is 13.5 Å². The van der Waals surface area contributed by atoms with Crippen molar-refractivity contribution in [1.82, 2.24) is 15.3 Å². The zero-order valence-electron chi connectivity index (χ0n) is 9.61. The lowest BCUT2D eigenvalue weighted by Crippen LogP contribution is -2.24. The first-order valence-corrected chi connectivity index (χ1v) is 6.84. The summed E-state index contributed by atoms with van der Waals surface area (Å²) in [6.45, 7) is 2.24. The van der Waals surface area contributed by atoms with E-state index in [-0.39, 0.29) is 17.5 Å². The van der Waals surface area contributed by atoms with E-state index in [0.29, 0.717) is 12.2 Å². The van der Waals surface area contributed by atoms with Gasteiger partial charge in [0.05, 0.1) is 6.54 Å². The lowest BCUT2D eigenvalue weighted by Gasteiger charge is -2.04. The molecule has 7 heteroatoms. The standard InChI is InChI=1S/C11H11BrN4OS/c1-6-2-9(16-11(13)15-6)10(17)14-4-8-3-7(12)5-18-8/h2-3,5H,4H2,1H3,(H,14,17)(H2,13,15,16). The highest BCUT2D eigenvalue weighted by atomic mass is 79.9. The number of amides is 1. The topological polar surface area (TPSA) is 80.9 Å². The number of nitrogens with zero attached hydrogens (tertiary/aromatic N) is 2. The average molecular weight is 327 g/mol. The van der Waals surface area contributed by atoms with Crippen molar-refractivity contribution >= 4 is 39.1 Å². The molecule has 0 fully saturated rings. The Hall–Kier alpha value is -1.47. The van der Waals surface area contributed by atoms with Crippen LogP contribution in [0, 0.1) is 6.92 Å². The Kier molecular flexibility index (Phi) is 3.93. The van der Waals surface area contributed by atoms with Crippen LogP contribution in [0.2, 0.25) is 0 Å². The molecule has 0 unspecified atom stereocenters. The third-order valence-corrected chi connectivity index (χ3v) is 3.85. The summed E-state index contributed by atoms with van der Waals surface area (Å²) >= 11 is 4.94. The Morgan fingerprint density at radius 1 is 1.50 bits per heavy atom. The molecule has 2 heterocycles. The first-order chi connectivity index (χ1) is 8.54. The highest BCUT2D eigenvalue weighted by Crippen LogP contribution is 2.19. The van der Waals surface area contributed by atoms with Gasteiger partial charge >= 0.3 is 0 Å². The van der Waals surface area contributed by atoms with Gasteiger partial charge in [-0.2, -0.15) is 0 Å². The molecule has 2 rings (SSSR count). The Morgan fingerprint density at radius 3 is 2.89 bits per heavy atom. The van der Waals surface area contributed by atoms with E-state index in [1.54, 1.807) is 24.3 Å². The number of hydrogen-bond donors (Lipinski definition) is 2. The van der Waals surface area contributed by atoms with Crippen LogP contribution in [0.3, 0.4) is 0 Å². The molecule has 0 saturated heterocycles. The predicted octanol–water partition coefficient (Wildman–Crippen LogP) is 2.12. The first kappa shape index (κ1) is 13.0. The second-order valence-corrected chi connectivity index (χ2v) is 5.58. The van der Waals surface area contributed by atoms with Crippen LogP contribution in [0.15, 0.2) is 22.0 Å². The third kappa shape index (κ3) is 3.27. The number of nitrogens with two attached hydrogens (primary N) is 1. The molecule has 0 aliphatic rings. The number of nitrogens with one attached hydrogen (secondary N) is 1. The smallest absolute Gasteiger partial charge is 0.270 e. The van der Waals surface area contributed by atoms with E-state index in [0.717, 1.165) is 9.35 Å². The zero-order chi connectivity index (χ0) is 13.1. The molecule has 0 radical (unpaired) electrons. The minimum absolute atomic E-state index is 0.110. The molecule has 0 aromatic carbocycles. The van der Waals surface area contributed by atoms with Gasteiger partial charge in [0.15, 0.2) is 0 Å². The van der Waals surface area contributed by atoms with Crippen LogP contribution in [-0.4, -0.2) is 15.9 Å². The lowest BCUT2D eigenvalue weighted by molar-refractivity contribution is 0.0946. The van der Waals surface area contributed by atoms with Crippen molar-refractivity contribution in [3.8, 4) is 0 Å². The van der Waals surface area contributed by atoms with Crippen LogP contribution < -0.4 is 11.1 Å². The third-order valence-electron chi connectivity index (χ3n) is 2.15. The molecule has 0 bridgehead atoms. The normalized spacial score (nSPS) is 10.3. The van der Waals surface area contributed by atoms with Gasteiger partial charge in [0.1, 0.15) is 5.69 Å². The minimum atomic E-state index is -0.253. The summed E-state index contributed by atoms with van der Waals surface area (Å²) < 4.78 is 1.01. The number of nitrogen functional groups attached to an aromatic ring is 1. The summed E-state index contributed by atoms with van der Waals surface area (Å²) in [6.07, 6.45) is 0. The van der Waals surface area contributed by atoms with Crippen LogP contribution in [-0.2, 0) is 6.54 Å². The minimum Gasteiger partial charge on any atom is -0.368 e. The van der Waals surface area contributed by atoms with Crippen LogP contribution in [0.4, 0.5) is 5.95 Å². The molecule has 2 aromatic heterocycles. The van der Waals surface area contributed by atoms with Crippen molar-refractivity contribution in [2.75, 3.05) is 5.73 Å². The van der Waals surface area contributed by atoms with Gasteiger partial charge in [-0.15, -0.1) is 11.3 Å². The summed E-state index contributed by atoms with van der Waals surface area (Å²) in [6, 6.07) is 3.57. The van der Waals surface area contributed by atoms with Crippen LogP contribution >= 0.6 is 27.3 Å². The maximum Gasteiger partial charge on any atom is 0.270 e. The van der Waals surface area contributed by atoms with Gasteiger partial charge in [0.2, 0.25) is 5.95 Å². The second-order valence-electron chi connectivity index (χ2n) is 3.67. The Labute approximate surface area is 117 Å². The molecule has 0 aliphatic heterocycles. The fraction of sp³-hybridized carbons (Fsp3) is 0.182. The largest absolute Gasteiger partial charge is 0.368 e. The number of halogens is 1. The number of hydrogen-bond acceptors (Lipinski definition) is 5. The van der Waals surface area contributed by atoms with E-state index in [1.807, 2.05) is 11.4 Å². The van der Waals surface area contributed by atoms with Crippen LogP contribution in [0.1, 0.15) is 21.1 Å². The quantitative estimate of drug-likeness (QED) is 0.905. The Morgan fingerprint density at radius 2 is 2.28 bits per heavy atom. The highest BCUT2D eigenvalue weighted by molar-refractivity contribution is 9.10. The van der Waals surface area contributed by atoms with Crippen LogP contribution in [0.25, 0.3) is 0 Å². The summed E-state index contributed by atoms with van der Waals surface area (Å²) in [7, 11) is 0. The molecule has 0 atom stereocenters. The van der Waals surface area contributed by atoms with E-state index in [1.165, 1.54) is 0 Å². The van der Waals surface area contributed by atoms with Crippen molar-refractivity contribution in [3.05, 3.63) is 38.3 Å². The lowest BCUT2D eigenvalue weighted by atomic mass is 10.3. The Bertz CT molecular complexity index is 564. The van der Waals surface area contributed by atoms with E-state index in [2.05, 4.69) is 31.2 Å². The SMILES string of the molecule is Cc1cc(C(=O)NCc2cc(Br)cs2)nc(N)n1. The summed E-state index contributed by atoms with van der Waals surface area (Å²) in [5.74, 6) is -0.143. The number of carbonyl (C=O) groups excluding carboxylic acids is 1. The summed E-state index contributed by atoms with van der Waals surface area (Å²) in [5.41, 5.74) is 6.46. The van der Waals surface area contributed by atoms with Crippen molar-refractivity contribution in [3.63, 3.8) is 0 Å². The summed E-state index contributed by atoms with van der Waals surface area (Å²) in [5, 5.41) is 4.75. The maximum absolute atomic E-state index is 11.9. The number of aryl methyl sites for hydroxylation is 1. The monoisotopic (exact) mass is 326 g/mol. The molecule has 0 saturated carbocycles. The number of aromatic nitrogens is 2. The fourth-order valence-electron chi connectivity index (χ4n) is 1.41. The van der Waals surface area contributed by atoms with Gasteiger partial charge < -0.3 is 11.1 Å². The molecule has 5 nitrogen and oxygen atoms in total. The van der Waals surface area contributed by atoms with Crippen molar-refractivity contribution < 1.29 is 4.79 Å². The van der Waals surface area contributed by atoms with Gasteiger partial charge in [-0.3, -0.25) is 4.79 Å². The Balaban J connectivity index is 2.03. The molecular weight excluding hydrogens is 316 g/mol. The zero-order valence-corrected chi connectivity index (χ0v) is 12.0. The summed E-state index contributed by atoms with van der Waals surface area (Å²) in [4.78, 5) is 20.8. The van der Waals surface area contributed by atoms with Gasteiger partial charge in [0, 0.05) is 20.4 Å². The van der Waals surface area contributed by atoms with Gasteiger partial charge in [-0.1, -0.05) is 0 Å². The van der Waals surface area contributed by atoms with E-state index >= 15 is 0 Å². The first-order valence-electron chi connectivity index (χ1n) is 5.17. The highest BCUT2D eigenvalue weighted by Gasteiger charge is 2.09. The van der Waals surface area contributed by atoms with Crippen LogP contribution in [0.5, 0.6) is 0 Å². The average Bonchev–Trinajstić information content (AvgIpc) is 2.70. The number of thiophene rings is 1. The molecule has 2 aromatic rings. The molecule has 94 valence electrons. The van der Waals surface area contributed by atoms with Gasteiger partial charge in [0.25, 0.3) is 5.91 Å². The molecular formula is C11H11BrN4OS. The maximum atomic E-state index is 11.9. The molecule has 0 aliphatic carbocycles. The van der Waals surface area contributed by atoms with Gasteiger partial charge in [-0.05, 0) is 35.0 Å². The number of rotatable bonds is 3. The number of anilines is 1.